The Kier molecular flexibility index (Phi) is 5.42. The quantitative estimate of drug-likeness (QED) is 0.611. The van der Waals surface area contributed by atoms with Crippen LogP contribution >= 0.6 is 0 Å². The number of halogens is 3. The third-order valence-electron chi connectivity index (χ3n) is 2.72. The molecule has 0 aliphatic carbocycles. The highest BCUT2D eigenvalue weighted by molar-refractivity contribution is 4.65. The van der Waals surface area contributed by atoms with Crippen molar-refractivity contribution in [1.29, 1.82) is 0 Å². The highest BCUT2D eigenvalue weighted by Gasteiger charge is 2.35. The van der Waals surface area contributed by atoms with E-state index in [4.69, 9.17) is 0 Å². The fourth-order valence-electron chi connectivity index (χ4n) is 1.35. The van der Waals surface area contributed by atoms with Crippen molar-refractivity contribution in [3.05, 3.63) is 0 Å². The van der Waals surface area contributed by atoms with Crippen molar-refractivity contribution >= 4 is 0 Å². The van der Waals surface area contributed by atoms with E-state index in [-0.39, 0.29) is 6.42 Å². The Morgan fingerprint density at radius 1 is 1.00 bits per heavy atom. The van der Waals surface area contributed by atoms with Gasteiger partial charge in [-0.1, -0.05) is 33.6 Å². The first-order valence-electron chi connectivity index (χ1n) is 4.98. The largest absolute Gasteiger partial charge is 0.391 e. The van der Waals surface area contributed by atoms with Gasteiger partial charge in [-0.2, -0.15) is 13.2 Å². The second kappa shape index (κ2) is 5.51. The van der Waals surface area contributed by atoms with E-state index >= 15 is 0 Å². The lowest BCUT2D eigenvalue weighted by molar-refractivity contribution is -0.171. The van der Waals surface area contributed by atoms with Gasteiger partial charge in [0.15, 0.2) is 0 Å². The van der Waals surface area contributed by atoms with Crippen molar-refractivity contribution in [2.24, 2.45) is 11.8 Å². The Hall–Kier alpha value is -0.210. The third-order valence-corrected chi connectivity index (χ3v) is 2.72. The van der Waals surface area contributed by atoms with Crippen molar-refractivity contribution in [3.63, 3.8) is 0 Å². The van der Waals surface area contributed by atoms with E-state index in [0.29, 0.717) is 12.3 Å². The number of hydrogen-bond acceptors (Lipinski definition) is 0. The van der Waals surface area contributed by atoms with Gasteiger partial charge in [-0.05, 0) is 18.8 Å². The molecule has 0 rings (SSSR count). The van der Waals surface area contributed by atoms with Crippen LogP contribution in [0.1, 0.15) is 46.5 Å². The maximum absolute atomic E-state index is 12.1. The van der Waals surface area contributed by atoms with Gasteiger partial charge in [-0.15, -0.1) is 0 Å². The number of hydrogen-bond donors (Lipinski definition) is 0. The van der Waals surface area contributed by atoms with E-state index in [1.54, 1.807) is 0 Å². The highest BCUT2D eigenvalue weighted by Crippen LogP contribution is 2.31. The topological polar surface area (TPSA) is 0 Å². The third kappa shape index (κ3) is 5.17. The van der Waals surface area contributed by atoms with Gasteiger partial charge in [0.1, 0.15) is 0 Å². The Labute approximate surface area is 78.5 Å². The van der Waals surface area contributed by atoms with Gasteiger partial charge >= 0.3 is 6.18 Å². The SMILES string of the molecule is CCC(CC)CCC(C)C(F)(F)F. The van der Waals surface area contributed by atoms with Crippen LogP contribution < -0.4 is 0 Å². The van der Waals surface area contributed by atoms with E-state index in [1.165, 1.54) is 6.92 Å². The normalized spacial score (nSPS) is 15.0. The molecule has 0 nitrogen and oxygen atoms in total. The molecule has 0 saturated carbocycles. The Morgan fingerprint density at radius 2 is 1.46 bits per heavy atom. The second-order valence-electron chi connectivity index (χ2n) is 3.70. The lowest BCUT2D eigenvalue weighted by atomic mass is 9.93. The maximum Gasteiger partial charge on any atom is 0.391 e. The van der Waals surface area contributed by atoms with Crippen LogP contribution in [0.15, 0.2) is 0 Å². The van der Waals surface area contributed by atoms with Crippen LogP contribution in [0.2, 0.25) is 0 Å². The first-order valence-corrected chi connectivity index (χ1v) is 4.98. The predicted molar refractivity (Wildman–Crippen MR) is 48.5 cm³/mol. The summed E-state index contributed by atoms with van der Waals surface area (Å²) in [6.45, 7) is 5.33. The minimum absolute atomic E-state index is 0.274. The van der Waals surface area contributed by atoms with Gasteiger partial charge in [0, 0.05) is 0 Å². The summed E-state index contributed by atoms with van der Waals surface area (Å²) in [6, 6.07) is 0. The minimum atomic E-state index is -4.01. The smallest absolute Gasteiger partial charge is 0.171 e. The number of alkyl halides is 3. The molecule has 0 bridgehead atoms. The van der Waals surface area contributed by atoms with Crippen LogP contribution in [0, 0.1) is 11.8 Å². The lowest BCUT2D eigenvalue weighted by Gasteiger charge is -2.18. The molecule has 0 heterocycles. The summed E-state index contributed by atoms with van der Waals surface area (Å²) in [7, 11) is 0. The lowest BCUT2D eigenvalue weighted by Crippen LogP contribution is -2.20. The predicted octanol–water partition coefficient (Wildman–Crippen LogP) is 4.40. The molecule has 0 aromatic carbocycles. The molecule has 80 valence electrons. The minimum Gasteiger partial charge on any atom is -0.171 e. The standard InChI is InChI=1S/C10H19F3/c1-4-9(5-2)7-6-8(3)10(11,12)13/h8-9H,4-7H2,1-3H3. The first kappa shape index (κ1) is 12.8. The van der Waals surface area contributed by atoms with Gasteiger partial charge in [0.05, 0.1) is 5.92 Å². The van der Waals surface area contributed by atoms with Crippen LogP contribution in [0.3, 0.4) is 0 Å². The van der Waals surface area contributed by atoms with E-state index < -0.39 is 12.1 Å². The zero-order valence-corrected chi connectivity index (χ0v) is 8.62. The molecule has 3 heteroatoms. The molecule has 1 unspecified atom stereocenters. The fraction of sp³-hybridized carbons (Fsp3) is 1.00. The summed E-state index contributed by atoms with van der Waals surface area (Å²) in [5, 5.41) is 0. The van der Waals surface area contributed by atoms with Crippen LogP contribution in [0.25, 0.3) is 0 Å². The molecule has 1 atom stereocenters. The van der Waals surface area contributed by atoms with Gasteiger partial charge in [0.2, 0.25) is 0 Å². The van der Waals surface area contributed by atoms with Gasteiger partial charge < -0.3 is 0 Å². The second-order valence-corrected chi connectivity index (χ2v) is 3.70. The molecule has 13 heavy (non-hydrogen) atoms. The highest BCUT2D eigenvalue weighted by atomic mass is 19.4. The zero-order valence-electron chi connectivity index (χ0n) is 8.62. The molecule has 0 fully saturated rings. The molecular formula is C10H19F3. The fourth-order valence-corrected chi connectivity index (χ4v) is 1.35. The Balaban J connectivity index is 3.75. The number of rotatable bonds is 5. The molecule has 0 aromatic rings. The van der Waals surface area contributed by atoms with E-state index in [2.05, 4.69) is 0 Å². The Bertz CT molecular complexity index is 125. The van der Waals surface area contributed by atoms with E-state index in [0.717, 1.165) is 12.8 Å². The molecule has 0 radical (unpaired) electrons. The average molecular weight is 196 g/mol. The van der Waals surface area contributed by atoms with Gasteiger partial charge in [0.25, 0.3) is 0 Å². The zero-order chi connectivity index (χ0) is 10.5. The van der Waals surface area contributed by atoms with Crippen molar-refractivity contribution in [2.75, 3.05) is 0 Å². The van der Waals surface area contributed by atoms with E-state index in [9.17, 15) is 13.2 Å². The van der Waals surface area contributed by atoms with Crippen LogP contribution in [0.5, 0.6) is 0 Å². The van der Waals surface area contributed by atoms with Gasteiger partial charge in [-0.3, -0.25) is 0 Å². The Morgan fingerprint density at radius 3 is 1.77 bits per heavy atom. The van der Waals surface area contributed by atoms with Crippen LogP contribution in [-0.4, -0.2) is 6.18 Å². The van der Waals surface area contributed by atoms with Crippen molar-refractivity contribution in [1.82, 2.24) is 0 Å². The monoisotopic (exact) mass is 196 g/mol. The van der Waals surface area contributed by atoms with Gasteiger partial charge in [-0.25, -0.2) is 0 Å². The summed E-state index contributed by atoms with van der Waals surface area (Å²) in [5.74, 6) is -0.683. The van der Waals surface area contributed by atoms with Crippen LogP contribution in [0.4, 0.5) is 13.2 Å². The summed E-state index contributed by atoms with van der Waals surface area (Å²) in [4.78, 5) is 0. The molecule has 0 aliphatic rings. The molecule has 0 aromatic heterocycles. The molecule has 0 aliphatic heterocycles. The first-order chi connectivity index (χ1) is 5.91. The maximum atomic E-state index is 12.1. The molecule has 0 amide bonds. The van der Waals surface area contributed by atoms with Crippen LogP contribution in [-0.2, 0) is 0 Å². The molecule has 0 spiro atoms. The molecule has 0 N–H and O–H groups in total. The summed E-state index contributed by atoms with van der Waals surface area (Å²) < 4.78 is 36.3. The molecule has 0 saturated heterocycles. The molecular weight excluding hydrogens is 177 g/mol. The van der Waals surface area contributed by atoms with E-state index in [1.807, 2.05) is 13.8 Å². The van der Waals surface area contributed by atoms with Crippen molar-refractivity contribution < 1.29 is 13.2 Å². The summed E-state index contributed by atoms with van der Waals surface area (Å²) in [6.07, 6.45) is -1.06. The summed E-state index contributed by atoms with van der Waals surface area (Å²) >= 11 is 0. The van der Waals surface area contributed by atoms with Crippen molar-refractivity contribution in [3.8, 4) is 0 Å². The van der Waals surface area contributed by atoms with Crippen molar-refractivity contribution in [2.45, 2.75) is 52.6 Å². The average Bonchev–Trinajstić information content (AvgIpc) is 2.04. The summed E-state index contributed by atoms with van der Waals surface area (Å²) in [5.41, 5.74) is 0.